The Bertz CT molecular complexity index is 4230. The molecule has 71 heavy (non-hydrogen) atoms. The molecule has 0 atom stereocenters. The van der Waals surface area contributed by atoms with Crippen molar-refractivity contribution >= 4 is 65.4 Å². The van der Waals surface area contributed by atoms with Crippen LogP contribution < -0.4 is 0 Å². The van der Waals surface area contributed by atoms with E-state index >= 15 is 0 Å². The summed E-state index contributed by atoms with van der Waals surface area (Å²) in [6.07, 6.45) is 0. The third-order valence-electron chi connectivity index (χ3n) is 14.4. The number of rotatable bonds is 7. The highest BCUT2D eigenvalue weighted by Gasteiger charge is 2.29. The van der Waals surface area contributed by atoms with Gasteiger partial charge in [-0.15, -0.1) is 0 Å². The average Bonchev–Trinajstić information content (AvgIpc) is 4.08. The van der Waals surface area contributed by atoms with Gasteiger partial charge in [-0.1, -0.05) is 182 Å². The van der Waals surface area contributed by atoms with Gasteiger partial charge in [0.15, 0.2) is 0 Å². The molecule has 14 aromatic rings. The highest BCUT2D eigenvalue weighted by atomic mass is 15.1. The molecule has 330 valence electrons. The van der Waals surface area contributed by atoms with Gasteiger partial charge in [-0.25, -0.2) is 0 Å². The van der Waals surface area contributed by atoms with E-state index in [1.54, 1.807) is 0 Å². The molecule has 0 bridgehead atoms. The molecule has 0 aliphatic heterocycles. The quantitative estimate of drug-likeness (QED) is 0.157. The van der Waals surface area contributed by atoms with Crippen molar-refractivity contribution < 1.29 is 0 Å². The number of hydrogen-bond acceptors (Lipinski definition) is 1. The molecule has 0 amide bonds. The van der Waals surface area contributed by atoms with Gasteiger partial charge in [0.2, 0.25) is 0 Å². The van der Waals surface area contributed by atoms with Gasteiger partial charge < -0.3 is 13.7 Å². The minimum absolute atomic E-state index is 0.572. The molecule has 3 heterocycles. The maximum atomic E-state index is 11.8. The molecule has 0 fully saturated rings. The number of fused-ring (bicyclic) bond motifs is 9. The lowest BCUT2D eigenvalue weighted by Gasteiger charge is -2.20. The van der Waals surface area contributed by atoms with Crippen LogP contribution in [-0.4, -0.2) is 13.7 Å². The monoisotopic (exact) mass is 902 g/mol. The molecule has 0 unspecified atom stereocenters. The van der Waals surface area contributed by atoms with E-state index < -0.39 is 0 Å². The summed E-state index contributed by atoms with van der Waals surface area (Å²) in [4.78, 5) is 0. The van der Waals surface area contributed by atoms with E-state index in [-0.39, 0.29) is 0 Å². The van der Waals surface area contributed by atoms with Crippen LogP contribution in [0.4, 0.5) is 0 Å². The van der Waals surface area contributed by atoms with Gasteiger partial charge in [0, 0.05) is 38.0 Å². The zero-order valence-corrected chi connectivity index (χ0v) is 38.5. The van der Waals surface area contributed by atoms with Crippen LogP contribution in [0.15, 0.2) is 255 Å². The molecule has 0 aliphatic rings. The summed E-state index contributed by atoms with van der Waals surface area (Å²) in [5, 5.41) is 18.5. The molecule has 3 aromatic heterocycles. The predicted molar refractivity (Wildman–Crippen MR) is 296 cm³/mol. The highest BCUT2D eigenvalue weighted by Crippen LogP contribution is 2.48. The fourth-order valence-corrected chi connectivity index (χ4v) is 11.2. The van der Waals surface area contributed by atoms with Crippen LogP contribution in [0.25, 0.3) is 127 Å². The molecule has 0 spiro atoms. The van der Waals surface area contributed by atoms with E-state index in [4.69, 9.17) is 0 Å². The number of benzene rings is 11. The molecule has 4 heteroatoms. The first-order valence-electron chi connectivity index (χ1n) is 24.1. The van der Waals surface area contributed by atoms with Gasteiger partial charge in [0.05, 0.1) is 50.0 Å². The van der Waals surface area contributed by atoms with E-state index in [0.717, 1.165) is 127 Å². The van der Waals surface area contributed by atoms with Gasteiger partial charge in [-0.3, -0.25) is 0 Å². The number of hydrogen-bond donors (Lipinski definition) is 0. The van der Waals surface area contributed by atoms with E-state index in [1.165, 1.54) is 0 Å². The third kappa shape index (κ3) is 6.38. The largest absolute Gasteiger partial charge is 0.309 e. The van der Waals surface area contributed by atoms with Gasteiger partial charge in [-0.05, 0) is 117 Å². The molecule has 11 aromatic carbocycles. The van der Waals surface area contributed by atoms with Crippen LogP contribution in [0.5, 0.6) is 0 Å². The van der Waals surface area contributed by atoms with Crippen molar-refractivity contribution in [1.82, 2.24) is 13.7 Å². The molecular weight excluding hydrogens is 861 g/mol. The van der Waals surface area contributed by atoms with Crippen molar-refractivity contribution in [3.63, 3.8) is 0 Å². The van der Waals surface area contributed by atoms with Crippen LogP contribution in [-0.2, 0) is 0 Å². The van der Waals surface area contributed by atoms with Crippen molar-refractivity contribution in [3.05, 3.63) is 260 Å². The summed E-state index contributed by atoms with van der Waals surface area (Å²) in [5.41, 5.74) is 18.7. The van der Waals surface area contributed by atoms with Crippen molar-refractivity contribution in [2.75, 3.05) is 0 Å². The normalized spacial score (nSPS) is 11.6. The Kier molecular flexibility index (Phi) is 9.23. The smallest absolute Gasteiger partial charge is 0.101 e. The second-order valence-corrected chi connectivity index (χ2v) is 18.4. The highest BCUT2D eigenvalue weighted by molar-refractivity contribution is 6.20. The molecule has 4 nitrogen and oxygen atoms in total. The van der Waals surface area contributed by atoms with Crippen molar-refractivity contribution in [3.8, 4) is 67.6 Å². The second-order valence-electron chi connectivity index (χ2n) is 18.4. The molecule has 0 N–H and O–H groups in total. The van der Waals surface area contributed by atoms with Crippen molar-refractivity contribution in [1.29, 1.82) is 5.26 Å². The molecule has 0 aliphatic carbocycles. The molecule has 0 radical (unpaired) electrons. The van der Waals surface area contributed by atoms with E-state index in [2.05, 4.69) is 275 Å². The fourth-order valence-electron chi connectivity index (χ4n) is 11.2. The Morgan fingerprint density at radius 2 is 0.592 bits per heavy atom. The van der Waals surface area contributed by atoms with Crippen LogP contribution in [0.2, 0.25) is 0 Å². The lowest BCUT2D eigenvalue weighted by atomic mass is 10.0. The summed E-state index contributed by atoms with van der Waals surface area (Å²) >= 11 is 0. The molecule has 0 saturated heterocycles. The summed E-state index contributed by atoms with van der Waals surface area (Å²) in [5.74, 6) is 0. The van der Waals surface area contributed by atoms with Crippen LogP contribution >= 0.6 is 0 Å². The Labute approximate surface area is 410 Å². The van der Waals surface area contributed by atoms with Gasteiger partial charge in [-0.2, -0.15) is 5.26 Å². The van der Waals surface area contributed by atoms with E-state index in [1.807, 2.05) is 0 Å². The van der Waals surface area contributed by atoms with Crippen LogP contribution in [0.1, 0.15) is 5.56 Å². The molecule has 14 rings (SSSR count). The number of para-hydroxylation sites is 2. The second kappa shape index (κ2) is 16.2. The number of nitrogens with zero attached hydrogens (tertiary/aromatic N) is 4. The van der Waals surface area contributed by atoms with Crippen LogP contribution in [0, 0.1) is 11.3 Å². The predicted octanol–water partition coefficient (Wildman–Crippen LogP) is 17.5. The molecular formula is C67H42N4. The maximum absolute atomic E-state index is 11.8. The van der Waals surface area contributed by atoms with Crippen molar-refractivity contribution in [2.24, 2.45) is 0 Å². The Morgan fingerprint density at radius 1 is 0.254 bits per heavy atom. The zero-order chi connectivity index (χ0) is 47.0. The minimum Gasteiger partial charge on any atom is -0.309 e. The lowest BCUT2D eigenvalue weighted by molar-refractivity contribution is 1.10. The third-order valence-corrected chi connectivity index (χ3v) is 14.4. The zero-order valence-electron chi connectivity index (χ0n) is 38.5. The Morgan fingerprint density at radius 3 is 0.986 bits per heavy atom. The standard InChI is InChI=1S/C67H42N4/c68-43-52-42-64-65(54-28-16-17-29-59(54)69(64)53-26-14-5-15-27-53)67(71-62-36-32-50(46-22-10-3-11-23-46)40-57(62)58-41-51(33-37-63(58)71)47-24-12-4-13-25-47)66(52)70-60-34-30-48(44-18-6-1-7-19-44)38-55(60)56-39-49(31-35-61(56)70)45-20-8-2-9-21-45/h1-42H. The SMILES string of the molecule is N#Cc1cc2c(c(-n3c4ccc(-c5ccccc5)cc4c4cc(-c5ccccc5)ccc43)c1-n1c3ccc(-c4ccccc4)cc3c3cc(-c4ccccc4)ccc31)c1ccccc1n2-c1ccccc1. The topological polar surface area (TPSA) is 38.6 Å². The minimum atomic E-state index is 0.572. The first-order valence-corrected chi connectivity index (χ1v) is 24.1. The summed E-state index contributed by atoms with van der Waals surface area (Å²) in [6.45, 7) is 0. The number of nitriles is 1. The average molecular weight is 903 g/mol. The van der Waals surface area contributed by atoms with Gasteiger partial charge in [0.1, 0.15) is 6.07 Å². The Balaban J connectivity index is 1.18. The van der Waals surface area contributed by atoms with E-state index in [9.17, 15) is 5.26 Å². The summed E-state index contributed by atoms with van der Waals surface area (Å²) in [7, 11) is 0. The van der Waals surface area contributed by atoms with E-state index in [0.29, 0.717) is 5.56 Å². The molecule has 0 saturated carbocycles. The number of aromatic nitrogens is 3. The summed E-state index contributed by atoms with van der Waals surface area (Å²) < 4.78 is 7.17. The van der Waals surface area contributed by atoms with Crippen molar-refractivity contribution in [2.45, 2.75) is 0 Å². The fraction of sp³-hybridized carbons (Fsp3) is 0. The van der Waals surface area contributed by atoms with Gasteiger partial charge >= 0.3 is 0 Å². The first-order chi connectivity index (χ1) is 35.2. The Hall–Kier alpha value is -9.69. The van der Waals surface area contributed by atoms with Gasteiger partial charge in [0.25, 0.3) is 0 Å². The maximum Gasteiger partial charge on any atom is 0.101 e. The first kappa shape index (κ1) is 40.4. The lowest BCUT2D eigenvalue weighted by Crippen LogP contribution is -2.07. The van der Waals surface area contributed by atoms with Crippen LogP contribution in [0.3, 0.4) is 0 Å². The summed E-state index contributed by atoms with van der Waals surface area (Å²) in [6, 6.07) is 94.1.